The quantitative estimate of drug-likeness (QED) is 0.621. The van der Waals surface area contributed by atoms with Crippen molar-refractivity contribution in [3.05, 3.63) is 82.0 Å². The Balaban J connectivity index is 1.56. The number of halogens is 1. The van der Waals surface area contributed by atoms with Gasteiger partial charge in [0.05, 0.1) is 0 Å². The third-order valence-electron chi connectivity index (χ3n) is 4.75. The number of nitrogens with zero attached hydrogens (tertiary/aromatic N) is 1. The van der Waals surface area contributed by atoms with Crippen molar-refractivity contribution >= 4 is 28.6 Å². The van der Waals surface area contributed by atoms with Crippen LogP contribution in [0.1, 0.15) is 27.6 Å². The summed E-state index contributed by atoms with van der Waals surface area (Å²) in [5.41, 5.74) is 0.552. The molecule has 0 aliphatic carbocycles. The molecule has 1 aliphatic rings. The average Bonchev–Trinajstić information content (AvgIpc) is 2.93. The topological polar surface area (TPSA) is 50.5 Å². The molecule has 0 saturated carbocycles. The van der Waals surface area contributed by atoms with Crippen molar-refractivity contribution in [2.75, 3.05) is 18.8 Å². The molecule has 0 radical (unpaired) electrons. The number of para-hydroxylation sites is 1. The van der Waals surface area contributed by atoms with E-state index < -0.39 is 5.63 Å². The lowest BCUT2D eigenvalue weighted by Gasteiger charge is -2.20. The summed E-state index contributed by atoms with van der Waals surface area (Å²) in [6.45, 7) is 0.984. The van der Waals surface area contributed by atoms with Gasteiger partial charge in [-0.25, -0.2) is 9.18 Å². The van der Waals surface area contributed by atoms with E-state index in [0.29, 0.717) is 41.8 Å². The van der Waals surface area contributed by atoms with Crippen LogP contribution in [0.2, 0.25) is 0 Å². The Kier molecular flexibility index (Phi) is 4.99. The number of carbonyl (C=O) groups excluding carboxylic acids is 1. The van der Waals surface area contributed by atoms with Crippen LogP contribution in [0.15, 0.2) is 63.8 Å². The number of hydrogen-bond donors (Lipinski definition) is 0. The van der Waals surface area contributed by atoms with Crippen LogP contribution < -0.4 is 5.63 Å². The molecule has 6 heteroatoms. The van der Waals surface area contributed by atoms with E-state index in [0.717, 1.165) is 0 Å². The van der Waals surface area contributed by atoms with E-state index >= 15 is 0 Å². The number of carbonyl (C=O) groups is 1. The standard InChI is InChI=1S/C21H18FNO3S/c22-17-7-3-2-6-15(17)19-9-10-23(11-12-27-19)20(24)16-13-14-5-1-4-8-18(14)26-21(16)25/h1-8,13,19H,9-12H2. The van der Waals surface area contributed by atoms with Crippen molar-refractivity contribution < 1.29 is 13.6 Å². The van der Waals surface area contributed by atoms with E-state index in [9.17, 15) is 14.0 Å². The van der Waals surface area contributed by atoms with Gasteiger partial charge in [-0.1, -0.05) is 36.4 Å². The highest BCUT2D eigenvalue weighted by molar-refractivity contribution is 7.99. The van der Waals surface area contributed by atoms with Crippen LogP contribution in [-0.4, -0.2) is 29.6 Å². The van der Waals surface area contributed by atoms with Gasteiger partial charge in [0.2, 0.25) is 0 Å². The second-order valence-corrected chi connectivity index (χ2v) is 7.76. The lowest BCUT2D eigenvalue weighted by molar-refractivity contribution is 0.0762. The average molecular weight is 383 g/mol. The summed E-state index contributed by atoms with van der Waals surface area (Å²) in [6.07, 6.45) is 0.635. The second-order valence-electron chi connectivity index (χ2n) is 6.45. The lowest BCUT2D eigenvalue weighted by atomic mass is 10.1. The molecule has 4 rings (SSSR count). The molecule has 1 aromatic heterocycles. The van der Waals surface area contributed by atoms with Crippen LogP contribution in [0.4, 0.5) is 4.39 Å². The van der Waals surface area contributed by atoms with Gasteiger partial charge in [0.15, 0.2) is 0 Å². The maximum Gasteiger partial charge on any atom is 0.349 e. The van der Waals surface area contributed by atoms with Crippen molar-refractivity contribution in [2.24, 2.45) is 0 Å². The zero-order valence-corrected chi connectivity index (χ0v) is 15.4. The number of benzene rings is 2. The van der Waals surface area contributed by atoms with Gasteiger partial charge in [-0.3, -0.25) is 4.79 Å². The molecule has 2 heterocycles. The van der Waals surface area contributed by atoms with Gasteiger partial charge in [-0.05, 0) is 24.6 Å². The van der Waals surface area contributed by atoms with Gasteiger partial charge in [0.1, 0.15) is 17.0 Å². The van der Waals surface area contributed by atoms with Crippen LogP contribution in [0, 0.1) is 5.82 Å². The van der Waals surface area contributed by atoms with Gasteiger partial charge < -0.3 is 9.32 Å². The third kappa shape index (κ3) is 3.62. The molecular formula is C21H18FNO3S. The predicted molar refractivity (Wildman–Crippen MR) is 105 cm³/mol. The van der Waals surface area contributed by atoms with Crippen molar-refractivity contribution in [1.82, 2.24) is 4.90 Å². The Morgan fingerprint density at radius 1 is 1.11 bits per heavy atom. The highest BCUT2D eigenvalue weighted by Crippen LogP contribution is 2.35. The molecule has 0 spiro atoms. The van der Waals surface area contributed by atoms with Crippen LogP contribution in [0.5, 0.6) is 0 Å². The summed E-state index contributed by atoms with van der Waals surface area (Å²) < 4.78 is 19.4. The molecule has 3 aromatic rings. The molecule has 27 heavy (non-hydrogen) atoms. The van der Waals surface area contributed by atoms with Crippen LogP contribution in [-0.2, 0) is 0 Å². The molecule has 2 aromatic carbocycles. The molecule has 1 saturated heterocycles. The zero-order chi connectivity index (χ0) is 18.8. The summed E-state index contributed by atoms with van der Waals surface area (Å²) in [5, 5.41) is 0.714. The smallest absolute Gasteiger partial charge is 0.349 e. The van der Waals surface area contributed by atoms with E-state index in [-0.39, 0.29) is 22.5 Å². The first-order valence-electron chi connectivity index (χ1n) is 8.81. The molecule has 138 valence electrons. The molecule has 0 N–H and O–H groups in total. The minimum Gasteiger partial charge on any atom is -0.422 e. The molecular weight excluding hydrogens is 365 g/mol. The Hall–Kier alpha value is -2.60. The highest BCUT2D eigenvalue weighted by atomic mass is 32.2. The van der Waals surface area contributed by atoms with Crippen LogP contribution in [0.25, 0.3) is 11.0 Å². The number of fused-ring (bicyclic) bond motifs is 1. The fraction of sp³-hybridized carbons (Fsp3) is 0.238. The van der Waals surface area contributed by atoms with E-state index in [1.807, 2.05) is 18.2 Å². The number of hydrogen-bond acceptors (Lipinski definition) is 4. The molecule has 1 unspecified atom stereocenters. The maximum atomic E-state index is 14.1. The van der Waals surface area contributed by atoms with Crippen molar-refractivity contribution in [1.29, 1.82) is 0 Å². The van der Waals surface area contributed by atoms with E-state index in [2.05, 4.69) is 0 Å². The predicted octanol–water partition coefficient (Wildman–Crippen LogP) is 4.25. The van der Waals surface area contributed by atoms with Gasteiger partial charge >= 0.3 is 5.63 Å². The first-order valence-corrected chi connectivity index (χ1v) is 9.86. The first kappa shape index (κ1) is 17.8. The van der Waals surface area contributed by atoms with Gasteiger partial charge in [-0.2, -0.15) is 11.8 Å². The Labute approximate surface area is 160 Å². The summed E-state index contributed by atoms with van der Waals surface area (Å²) in [7, 11) is 0. The number of amides is 1. The lowest BCUT2D eigenvalue weighted by Crippen LogP contribution is -2.35. The van der Waals surface area contributed by atoms with Crippen LogP contribution >= 0.6 is 11.8 Å². The van der Waals surface area contributed by atoms with Crippen molar-refractivity contribution in [2.45, 2.75) is 11.7 Å². The number of rotatable bonds is 2. The summed E-state index contributed by atoms with van der Waals surface area (Å²) in [4.78, 5) is 26.8. The molecule has 1 amide bonds. The first-order chi connectivity index (χ1) is 13.1. The monoisotopic (exact) mass is 383 g/mol. The maximum absolute atomic E-state index is 14.1. The fourth-order valence-electron chi connectivity index (χ4n) is 3.34. The minimum atomic E-state index is -0.624. The van der Waals surface area contributed by atoms with Gasteiger partial charge in [0.25, 0.3) is 5.91 Å². The van der Waals surface area contributed by atoms with E-state index in [1.165, 1.54) is 6.07 Å². The molecule has 1 atom stereocenters. The summed E-state index contributed by atoms with van der Waals surface area (Å²) in [6, 6.07) is 15.5. The molecule has 0 bridgehead atoms. The van der Waals surface area contributed by atoms with E-state index in [1.54, 1.807) is 47.0 Å². The van der Waals surface area contributed by atoms with Crippen molar-refractivity contribution in [3.8, 4) is 0 Å². The van der Waals surface area contributed by atoms with Crippen molar-refractivity contribution in [3.63, 3.8) is 0 Å². The highest BCUT2D eigenvalue weighted by Gasteiger charge is 2.26. The molecule has 1 fully saturated rings. The van der Waals surface area contributed by atoms with Gasteiger partial charge in [-0.15, -0.1) is 0 Å². The van der Waals surface area contributed by atoms with Crippen LogP contribution in [0.3, 0.4) is 0 Å². The molecule has 1 aliphatic heterocycles. The zero-order valence-electron chi connectivity index (χ0n) is 14.6. The van der Waals surface area contributed by atoms with Gasteiger partial charge in [0, 0.05) is 35.0 Å². The summed E-state index contributed by atoms with van der Waals surface area (Å²) >= 11 is 1.64. The largest absolute Gasteiger partial charge is 0.422 e. The van der Waals surface area contributed by atoms with E-state index in [4.69, 9.17) is 4.42 Å². The SMILES string of the molecule is O=C(c1cc2ccccc2oc1=O)N1CCSC(c2ccccc2F)CC1. The second kappa shape index (κ2) is 7.56. The minimum absolute atomic E-state index is 0.00277. The Bertz CT molecular complexity index is 1050. The third-order valence-corrected chi connectivity index (χ3v) is 6.06. The molecule has 4 nitrogen and oxygen atoms in total. The fourth-order valence-corrected chi connectivity index (χ4v) is 4.59. The Morgan fingerprint density at radius 2 is 1.89 bits per heavy atom. The Morgan fingerprint density at radius 3 is 2.74 bits per heavy atom. The summed E-state index contributed by atoms with van der Waals surface area (Å²) in [5.74, 6) is 0.137. The normalized spacial score (nSPS) is 17.7. The number of thioether (sulfide) groups is 1.